The monoisotopic (exact) mass is 366 g/mol. The highest BCUT2D eigenvalue weighted by atomic mass is 16.5. The zero-order valence-corrected chi connectivity index (χ0v) is 15.3. The fourth-order valence-corrected chi connectivity index (χ4v) is 3.67. The predicted octanol–water partition coefficient (Wildman–Crippen LogP) is 1.79. The van der Waals surface area contributed by atoms with Gasteiger partial charge in [0.1, 0.15) is 18.1 Å². The lowest BCUT2D eigenvalue weighted by Crippen LogP contribution is -2.45. The van der Waals surface area contributed by atoms with E-state index in [0.29, 0.717) is 17.9 Å². The van der Waals surface area contributed by atoms with Gasteiger partial charge >= 0.3 is 0 Å². The summed E-state index contributed by atoms with van der Waals surface area (Å²) < 4.78 is 5.90. The van der Waals surface area contributed by atoms with Crippen molar-refractivity contribution in [1.82, 2.24) is 9.80 Å². The van der Waals surface area contributed by atoms with Crippen molar-refractivity contribution >= 4 is 11.6 Å². The molecule has 6 nitrogen and oxygen atoms in total. The molecular weight excluding hydrogens is 344 g/mol. The molecule has 0 amide bonds. The Bertz CT molecular complexity index is 901. The minimum absolute atomic E-state index is 0.0603. The predicted molar refractivity (Wildman–Crippen MR) is 101 cm³/mol. The average Bonchev–Trinajstić information content (AvgIpc) is 2.67. The first-order chi connectivity index (χ1) is 13.1. The Morgan fingerprint density at radius 2 is 1.59 bits per heavy atom. The van der Waals surface area contributed by atoms with E-state index in [1.54, 1.807) is 30.3 Å². The van der Waals surface area contributed by atoms with Crippen molar-refractivity contribution in [1.29, 1.82) is 0 Å². The van der Waals surface area contributed by atoms with Crippen LogP contribution < -0.4 is 4.74 Å². The number of hydrogen-bond acceptors (Lipinski definition) is 6. The van der Waals surface area contributed by atoms with E-state index in [2.05, 4.69) is 16.8 Å². The van der Waals surface area contributed by atoms with Crippen molar-refractivity contribution in [3.63, 3.8) is 0 Å². The number of rotatable bonds is 4. The highest BCUT2D eigenvalue weighted by Crippen LogP contribution is 2.36. The summed E-state index contributed by atoms with van der Waals surface area (Å²) in [7, 11) is 2.11. The topological polar surface area (TPSA) is 70.1 Å². The van der Waals surface area contributed by atoms with E-state index in [1.807, 2.05) is 0 Å². The van der Waals surface area contributed by atoms with Crippen LogP contribution in [0.4, 0.5) is 0 Å². The minimum Gasteiger partial charge on any atom is -0.507 e. The van der Waals surface area contributed by atoms with Crippen LogP contribution in [0, 0.1) is 0 Å². The van der Waals surface area contributed by atoms with Gasteiger partial charge in [-0.2, -0.15) is 0 Å². The fourth-order valence-electron chi connectivity index (χ4n) is 3.67. The van der Waals surface area contributed by atoms with Crippen molar-refractivity contribution in [2.75, 3.05) is 46.4 Å². The maximum Gasteiger partial charge on any atom is 0.201 e. The number of phenolic OH excluding ortho intramolecular Hbond substituents is 1. The first-order valence-electron chi connectivity index (χ1n) is 9.14. The van der Waals surface area contributed by atoms with E-state index in [0.717, 1.165) is 32.7 Å². The summed E-state index contributed by atoms with van der Waals surface area (Å²) in [5.41, 5.74) is 0.872. The number of benzene rings is 2. The maximum atomic E-state index is 13.0. The molecule has 0 saturated carbocycles. The molecule has 0 aromatic heterocycles. The largest absolute Gasteiger partial charge is 0.507 e. The van der Waals surface area contributed by atoms with Crippen LogP contribution in [0.5, 0.6) is 11.5 Å². The third-order valence-corrected chi connectivity index (χ3v) is 5.27. The van der Waals surface area contributed by atoms with Gasteiger partial charge in [-0.25, -0.2) is 0 Å². The van der Waals surface area contributed by atoms with E-state index >= 15 is 0 Å². The van der Waals surface area contributed by atoms with E-state index in [-0.39, 0.29) is 34.0 Å². The number of carbonyl (C=O) groups is 2. The number of piperazine rings is 1. The van der Waals surface area contributed by atoms with Crippen LogP contribution in [0.1, 0.15) is 31.8 Å². The number of phenols is 1. The van der Waals surface area contributed by atoms with Crippen molar-refractivity contribution < 1.29 is 19.4 Å². The summed E-state index contributed by atoms with van der Waals surface area (Å²) in [5, 5.41) is 10.1. The molecule has 2 aromatic carbocycles. The van der Waals surface area contributed by atoms with Gasteiger partial charge in [0.2, 0.25) is 5.78 Å². The second-order valence-corrected chi connectivity index (χ2v) is 7.03. The molecule has 1 heterocycles. The normalized spacial score (nSPS) is 17.5. The van der Waals surface area contributed by atoms with Crippen LogP contribution in [0.3, 0.4) is 0 Å². The first kappa shape index (κ1) is 17.7. The lowest BCUT2D eigenvalue weighted by atomic mass is 9.83. The van der Waals surface area contributed by atoms with Crippen LogP contribution >= 0.6 is 0 Å². The van der Waals surface area contributed by atoms with Crippen molar-refractivity contribution in [3.05, 3.63) is 58.7 Å². The molecule has 140 valence electrons. The van der Waals surface area contributed by atoms with Crippen LogP contribution in [-0.2, 0) is 0 Å². The number of nitrogens with zero attached hydrogens (tertiary/aromatic N) is 2. The molecule has 6 heteroatoms. The fraction of sp³-hybridized carbons (Fsp3) is 0.333. The summed E-state index contributed by atoms with van der Waals surface area (Å²) in [6, 6.07) is 9.63. The lowest BCUT2D eigenvalue weighted by molar-refractivity contribution is 0.0971. The van der Waals surface area contributed by atoms with Crippen LogP contribution in [-0.4, -0.2) is 72.9 Å². The van der Waals surface area contributed by atoms with Gasteiger partial charge < -0.3 is 14.7 Å². The highest BCUT2D eigenvalue weighted by molar-refractivity contribution is 6.30. The molecule has 1 fully saturated rings. The van der Waals surface area contributed by atoms with Gasteiger partial charge in [0.25, 0.3) is 0 Å². The summed E-state index contributed by atoms with van der Waals surface area (Å²) in [6.07, 6.45) is 0. The molecule has 0 unspecified atom stereocenters. The van der Waals surface area contributed by atoms with Gasteiger partial charge in [0.05, 0.1) is 11.1 Å². The Kier molecular flexibility index (Phi) is 4.68. The summed E-state index contributed by atoms with van der Waals surface area (Å²) in [5.74, 6) is -0.412. The van der Waals surface area contributed by atoms with E-state index < -0.39 is 0 Å². The third kappa shape index (κ3) is 3.22. The van der Waals surface area contributed by atoms with E-state index in [9.17, 15) is 14.7 Å². The first-order valence-corrected chi connectivity index (χ1v) is 9.14. The average molecular weight is 366 g/mol. The van der Waals surface area contributed by atoms with Gasteiger partial charge in [-0.1, -0.05) is 24.3 Å². The highest BCUT2D eigenvalue weighted by Gasteiger charge is 2.34. The third-order valence-electron chi connectivity index (χ3n) is 5.27. The molecule has 2 aromatic rings. The Hall–Kier alpha value is -2.70. The maximum absolute atomic E-state index is 13.0. The number of likely N-dealkylation sites (N-methyl/N-ethyl adjacent to an activating group) is 1. The molecule has 0 radical (unpaired) electrons. The standard InChI is InChI=1S/C21H22N2O4/c1-22-8-10-23(11-9-22)12-13-27-17-7-3-5-15-19(17)21(26)18-14(20(15)25)4-2-6-16(18)24/h2-7,24H,8-13H2,1H3. The van der Waals surface area contributed by atoms with E-state index in [1.165, 1.54) is 6.07 Å². The SMILES string of the molecule is CN1CCN(CCOc2cccc3c2C(=O)c2c(O)cccc2C3=O)CC1. The molecule has 4 rings (SSSR count). The Balaban J connectivity index is 1.55. The Morgan fingerprint density at radius 3 is 2.33 bits per heavy atom. The number of ketones is 2. The number of ether oxygens (including phenoxy) is 1. The second kappa shape index (κ2) is 7.13. The van der Waals surface area contributed by atoms with E-state index in [4.69, 9.17) is 4.74 Å². The number of hydrogen-bond donors (Lipinski definition) is 1. The summed E-state index contributed by atoms with van der Waals surface area (Å²) in [4.78, 5) is 30.4. The van der Waals surface area contributed by atoms with Crippen LogP contribution in [0.2, 0.25) is 0 Å². The van der Waals surface area contributed by atoms with Gasteiger partial charge in [-0.15, -0.1) is 0 Å². The molecule has 27 heavy (non-hydrogen) atoms. The minimum atomic E-state index is -0.368. The lowest BCUT2D eigenvalue weighted by Gasteiger charge is -2.32. The molecule has 2 aliphatic rings. The molecule has 0 bridgehead atoms. The smallest absolute Gasteiger partial charge is 0.201 e. The van der Waals surface area contributed by atoms with Crippen molar-refractivity contribution in [3.8, 4) is 11.5 Å². The number of carbonyl (C=O) groups excluding carboxylic acids is 2. The van der Waals surface area contributed by atoms with Crippen LogP contribution in [0.25, 0.3) is 0 Å². The zero-order chi connectivity index (χ0) is 19.0. The second-order valence-electron chi connectivity index (χ2n) is 7.03. The van der Waals surface area contributed by atoms with Gasteiger partial charge in [-0.3, -0.25) is 14.5 Å². The molecule has 1 aliphatic carbocycles. The Morgan fingerprint density at radius 1 is 0.926 bits per heavy atom. The molecule has 0 atom stereocenters. The number of fused-ring (bicyclic) bond motifs is 2. The summed E-state index contributed by atoms with van der Waals surface area (Å²) >= 11 is 0. The van der Waals surface area contributed by atoms with Gasteiger partial charge in [-0.05, 0) is 19.2 Å². The zero-order valence-electron chi connectivity index (χ0n) is 15.3. The van der Waals surface area contributed by atoms with Gasteiger partial charge in [0, 0.05) is 43.9 Å². The van der Waals surface area contributed by atoms with Gasteiger partial charge in [0.15, 0.2) is 5.78 Å². The molecule has 1 N–H and O–H groups in total. The molecular formula is C21H22N2O4. The number of aromatic hydroxyl groups is 1. The van der Waals surface area contributed by atoms with Crippen molar-refractivity contribution in [2.24, 2.45) is 0 Å². The van der Waals surface area contributed by atoms with Crippen molar-refractivity contribution in [2.45, 2.75) is 0 Å². The van der Waals surface area contributed by atoms with Crippen LogP contribution in [0.15, 0.2) is 36.4 Å². The quantitative estimate of drug-likeness (QED) is 0.759. The molecule has 1 aliphatic heterocycles. The molecule has 0 spiro atoms. The molecule has 1 saturated heterocycles. The Labute approximate surface area is 158 Å². The summed E-state index contributed by atoms with van der Waals surface area (Å²) in [6.45, 7) is 5.25.